The van der Waals surface area contributed by atoms with Crippen molar-refractivity contribution in [2.45, 2.75) is 31.9 Å². The number of carbonyl (C=O) groups is 1. The maximum absolute atomic E-state index is 13.2. The van der Waals surface area contributed by atoms with Crippen LogP contribution in [0.4, 0.5) is 27.6 Å². The Kier molecular flexibility index (Phi) is 3.47. The van der Waals surface area contributed by atoms with Gasteiger partial charge in [-0.15, -0.1) is 0 Å². The first-order valence-electron chi connectivity index (χ1n) is 6.01. The number of aryl methyl sites for hydroxylation is 2. The molecule has 0 atom stereocenters. The number of benzene rings is 1. The van der Waals surface area contributed by atoms with E-state index in [1.54, 1.807) is 25.1 Å². The second-order valence-corrected chi connectivity index (χ2v) is 4.72. The molecule has 1 aromatic rings. The largest absolute Gasteiger partial charge is 0.463 e. The Hall–Kier alpha value is -1.66. The van der Waals surface area contributed by atoms with E-state index >= 15 is 0 Å². The van der Waals surface area contributed by atoms with Crippen LogP contribution in [-0.4, -0.2) is 24.6 Å². The molecule has 0 radical (unpaired) electrons. The highest BCUT2D eigenvalue weighted by Gasteiger charge is 2.65. The molecular formula is C13H12F5NO. The fourth-order valence-corrected chi connectivity index (χ4v) is 2.34. The highest BCUT2D eigenvalue weighted by atomic mass is 19.4. The van der Waals surface area contributed by atoms with Gasteiger partial charge >= 0.3 is 18.0 Å². The molecular weight excluding hydrogens is 281 g/mol. The summed E-state index contributed by atoms with van der Waals surface area (Å²) in [5, 5.41) is 0. The van der Waals surface area contributed by atoms with E-state index in [9.17, 15) is 26.7 Å². The number of nitrogens with zero attached hydrogens (tertiary/aromatic N) is 1. The molecule has 2 nitrogen and oxygen atoms in total. The number of rotatable bonds is 1. The lowest BCUT2D eigenvalue weighted by Crippen LogP contribution is -2.53. The zero-order valence-corrected chi connectivity index (χ0v) is 10.6. The lowest BCUT2D eigenvalue weighted by atomic mass is 9.97. The highest BCUT2D eigenvalue weighted by molar-refractivity contribution is 6.00. The van der Waals surface area contributed by atoms with Gasteiger partial charge in [-0.3, -0.25) is 4.79 Å². The smallest absolute Gasteiger partial charge is 0.306 e. The average molecular weight is 293 g/mol. The number of alkyl halides is 5. The monoisotopic (exact) mass is 293 g/mol. The van der Waals surface area contributed by atoms with Crippen molar-refractivity contribution < 1.29 is 26.7 Å². The van der Waals surface area contributed by atoms with Crippen molar-refractivity contribution in [2.75, 3.05) is 11.4 Å². The second-order valence-electron chi connectivity index (χ2n) is 4.72. The topological polar surface area (TPSA) is 20.3 Å². The number of amides is 1. The summed E-state index contributed by atoms with van der Waals surface area (Å²) in [6, 6.07) is 4.90. The van der Waals surface area contributed by atoms with E-state index in [1.807, 2.05) is 0 Å². The SMILES string of the molecule is Cc1cccc2c1N(C(=O)C(F)(F)C(F)(F)F)CCC2. The van der Waals surface area contributed by atoms with E-state index in [-0.39, 0.29) is 12.2 Å². The normalized spacial score (nSPS) is 16.0. The molecule has 20 heavy (non-hydrogen) atoms. The fourth-order valence-electron chi connectivity index (χ4n) is 2.34. The Morgan fingerprint density at radius 3 is 2.45 bits per heavy atom. The first-order valence-corrected chi connectivity index (χ1v) is 6.01. The molecule has 0 bridgehead atoms. The number of para-hydroxylation sites is 1. The minimum atomic E-state index is -5.88. The predicted octanol–water partition coefficient (Wildman–Crippen LogP) is 3.47. The Balaban J connectivity index is 2.45. The highest BCUT2D eigenvalue weighted by Crippen LogP contribution is 2.40. The van der Waals surface area contributed by atoms with Crippen LogP contribution in [0.1, 0.15) is 17.5 Å². The maximum Gasteiger partial charge on any atom is 0.463 e. The van der Waals surface area contributed by atoms with E-state index < -0.39 is 18.0 Å². The van der Waals surface area contributed by atoms with Crippen molar-refractivity contribution in [3.63, 3.8) is 0 Å². The lowest BCUT2D eigenvalue weighted by molar-refractivity contribution is -0.268. The number of anilines is 1. The van der Waals surface area contributed by atoms with Crippen molar-refractivity contribution in [2.24, 2.45) is 0 Å². The molecule has 0 aliphatic carbocycles. The molecule has 1 heterocycles. The third-order valence-corrected chi connectivity index (χ3v) is 3.29. The first kappa shape index (κ1) is 14.7. The predicted molar refractivity (Wildman–Crippen MR) is 62.9 cm³/mol. The summed E-state index contributed by atoms with van der Waals surface area (Å²) in [4.78, 5) is 12.2. The van der Waals surface area contributed by atoms with Gasteiger partial charge in [0.15, 0.2) is 0 Å². The summed E-state index contributed by atoms with van der Waals surface area (Å²) in [6.45, 7) is 1.44. The van der Waals surface area contributed by atoms with Gasteiger partial charge < -0.3 is 4.90 Å². The van der Waals surface area contributed by atoms with Crippen molar-refractivity contribution in [1.82, 2.24) is 0 Å². The van der Waals surface area contributed by atoms with Crippen molar-refractivity contribution in [3.05, 3.63) is 29.3 Å². The summed E-state index contributed by atoms with van der Waals surface area (Å²) in [5.74, 6) is -7.58. The van der Waals surface area contributed by atoms with Crippen LogP contribution in [-0.2, 0) is 11.2 Å². The van der Waals surface area contributed by atoms with Crippen LogP contribution < -0.4 is 4.90 Å². The molecule has 0 saturated carbocycles. The van der Waals surface area contributed by atoms with Gasteiger partial charge in [0.25, 0.3) is 0 Å². The van der Waals surface area contributed by atoms with Gasteiger partial charge in [-0.2, -0.15) is 22.0 Å². The van der Waals surface area contributed by atoms with Gasteiger partial charge in [-0.1, -0.05) is 18.2 Å². The molecule has 1 aromatic carbocycles. The minimum Gasteiger partial charge on any atom is -0.306 e. The molecule has 0 spiro atoms. The number of halogens is 5. The van der Waals surface area contributed by atoms with Crippen LogP contribution >= 0.6 is 0 Å². The summed E-state index contributed by atoms with van der Waals surface area (Å²) < 4.78 is 63.4. The lowest BCUT2D eigenvalue weighted by Gasteiger charge is -2.33. The molecule has 110 valence electrons. The fraction of sp³-hybridized carbons (Fsp3) is 0.462. The van der Waals surface area contributed by atoms with Crippen molar-refractivity contribution in [3.8, 4) is 0 Å². The first-order chi connectivity index (χ1) is 9.16. The zero-order chi connectivity index (χ0) is 15.1. The van der Waals surface area contributed by atoms with Gasteiger partial charge in [0, 0.05) is 12.2 Å². The Bertz CT molecular complexity index is 538. The molecule has 1 aliphatic heterocycles. The Morgan fingerprint density at radius 2 is 1.85 bits per heavy atom. The summed E-state index contributed by atoms with van der Waals surface area (Å²) in [6.07, 6.45) is -4.97. The van der Waals surface area contributed by atoms with E-state index in [0.29, 0.717) is 28.9 Å². The molecule has 2 rings (SSSR count). The zero-order valence-electron chi connectivity index (χ0n) is 10.6. The molecule has 0 fully saturated rings. The maximum atomic E-state index is 13.2. The number of hydrogen-bond donors (Lipinski definition) is 0. The second kappa shape index (κ2) is 4.71. The third kappa shape index (κ3) is 2.25. The molecule has 0 saturated heterocycles. The molecule has 1 aliphatic rings. The third-order valence-electron chi connectivity index (χ3n) is 3.29. The van der Waals surface area contributed by atoms with Gasteiger partial charge in [0.05, 0.1) is 0 Å². The van der Waals surface area contributed by atoms with E-state index in [1.165, 1.54) is 0 Å². The summed E-state index contributed by atoms with van der Waals surface area (Å²) >= 11 is 0. The van der Waals surface area contributed by atoms with Crippen LogP contribution in [0.5, 0.6) is 0 Å². The van der Waals surface area contributed by atoms with Gasteiger partial charge in [-0.25, -0.2) is 0 Å². The summed E-state index contributed by atoms with van der Waals surface area (Å²) in [5.41, 5.74) is 1.30. The number of fused-ring (bicyclic) bond motifs is 1. The average Bonchev–Trinajstić information content (AvgIpc) is 2.36. The van der Waals surface area contributed by atoms with Crippen LogP contribution in [0.2, 0.25) is 0 Å². The molecule has 1 amide bonds. The van der Waals surface area contributed by atoms with Crippen LogP contribution in [0, 0.1) is 6.92 Å². The number of hydrogen-bond acceptors (Lipinski definition) is 1. The van der Waals surface area contributed by atoms with E-state index in [0.717, 1.165) is 0 Å². The van der Waals surface area contributed by atoms with Crippen molar-refractivity contribution in [1.29, 1.82) is 0 Å². The van der Waals surface area contributed by atoms with E-state index in [4.69, 9.17) is 0 Å². The van der Waals surface area contributed by atoms with Gasteiger partial charge in [-0.05, 0) is 30.9 Å². The Labute approximate surface area is 112 Å². The van der Waals surface area contributed by atoms with Crippen molar-refractivity contribution >= 4 is 11.6 Å². The minimum absolute atomic E-state index is 0.137. The van der Waals surface area contributed by atoms with Crippen LogP contribution in [0.25, 0.3) is 0 Å². The molecule has 0 N–H and O–H groups in total. The summed E-state index contributed by atoms with van der Waals surface area (Å²) in [7, 11) is 0. The molecule has 7 heteroatoms. The molecule has 0 aromatic heterocycles. The standard InChI is InChI=1S/C13H12F5NO/c1-8-4-2-5-9-6-3-7-19(10(8)9)11(20)12(14,15)13(16,17)18/h2,4-5H,3,6-7H2,1H3. The van der Waals surface area contributed by atoms with Crippen LogP contribution in [0.15, 0.2) is 18.2 Å². The van der Waals surface area contributed by atoms with E-state index in [2.05, 4.69) is 0 Å². The number of carbonyl (C=O) groups excluding carboxylic acids is 1. The van der Waals surface area contributed by atoms with Gasteiger partial charge in [0.1, 0.15) is 0 Å². The van der Waals surface area contributed by atoms with Crippen LogP contribution in [0.3, 0.4) is 0 Å². The van der Waals surface area contributed by atoms with Gasteiger partial charge in [0.2, 0.25) is 0 Å². The Morgan fingerprint density at radius 1 is 1.20 bits per heavy atom. The molecule has 0 unspecified atom stereocenters. The quantitative estimate of drug-likeness (QED) is 0.726.